The molecule has 0 aliphatic carbocycles. The van der Waals surface area contributed by atoms with Crippen molar-refractivity contribution in [2.24, 2.45) is 0 Å². The lowest BCUT2D eigenvalue weighted by atomic mass is 9.74. The Bertz CT molecular complexity index is 2600. The molecule has 2 N–H and O–H groups in total. The molecule has 0 fully saturated rings. The number of ether oxygens (including phenoxy) is 2. The number of fused-ring (bicyclic) bond motifs is 8. The minimum atomic E-state index is -0.596. The Morgan fingerprint density at radius 1 is 0.673 bits per heavy atom. The van der Waals surface area contributed by atoms with E-state index in [1.807, 2.05) is 19.9 Å². The normalized spacial score (nSPS) is 15.4. The van der Waals surface area contributed by atoms with Gasteiger partial charge in [-0.1, -0.05) is 66.2 Å². The first-order chi connectivity index (χ1) is 26.2. The van der Waals surface area contributed by atoms with Gasteiger partial charge in [0.25, 0.3) is 0 Å². The molecule has 8 nitrogen and oxygen atoms in total. The van der Waals surface area contributed by atoms with Crippen LogP contribution in [0.4, 0.5) is 0 Å². The van der Waals surface area contributed by atoms with Crippen LogP contribution in [0.15, 0.2) is 73.3 Å². The zero-order chi connectivity index (χ0) is 39.3. The molecule has 280 valence electrons. The molecule has 7 rings (SSSR count). The second-order valence-electron chi connectivity index (χ2n) is 15.2. The van der Waals surface area contributed by atoms with E-state index >= 15 is 0 Å². The van der Waals surface area contributed by atoms with E-state index in [4.69, 9.17) is 26.0 Å². The molecule has 0 saturated heterocycles. The third-order valence-electron chi connectivity index (χ3n) is 11.6. The van der Waals surface area contributed by atoms with Gasteiger partial charge >= 0.3 is 11.9 Å². The van der Waals surface area contributed by atoms with Gasteiger partial charge in [-0.15, -0.1) is 0 Å². The van der Waals surface area contributed by atoms with Crippen LogP contribution < -0.4 is 0 Å². The third kappa shape index (κ3) is 6.71. The fraction of sp³-hybridized carbons (Fsp3) is 0.277. The number of carbonyl (C=O) groups is 2. The van der Waals surface area contributed by atoms with E-state index in [1.165, 1.54) is 25.3 Å². The van der Waals surface area contributed by atoms with Crippen LogP contribution in [0.2, 0.25) is 0 Å². The van der Waals surface area contributed by atoms with Crippen molar-refractivity contribution in [2.45, 2.75) is 73.1 Å². The van der Waals surface area contributed by atoms with Gasteiger partial charge in [0.05, 0.1) is 49.8 Å². The van der Waals surface area contributed by atoms with Crippen LogP contribution >= 0.6 is 0 Å². The molecule has 5 aromatic rings. The highest BCUT2D eigenvalue weighted by atomic mass is 16.5. The Morgan fingerprint density at radius 2 is 1.20 bits per heavy atom. The Hall–Kier alpha value is -6.02. The van der Waals surface area contributed by atoms with Crippen LogP contribution in [0.5, 0.6) is 0 Å². The van der Waals surface area contributed by atoms with Crippen molar-refractivity contribution in [3.63, 3.8) is 0 Å². The molecule has 0 spiro atoms. The highest BCUT2D eigenvalue weighted by Gasteiger charge is 2.40. The molecule has 2 aliphatic rings. The maximum Gasteiger partial charge on any atom is 0.310 e. The van der Waals surface area contributed by atoms with Crippen molar-refractivity contribution in [3.8, 4) is 11.1 Å². The number of esters is 2. The first-order valence-corrected chi connectivity index (χ1v) is 18.6. The van der Waals surface area contributed by atoms with Crippen molar-refractivity contribution in [1.82, 2.24) is 19.9 Å². The van der Waals surface area contributed by atoms with Gasteiger partial charge in [0, 0.05) is 33.0 Å². The van der Waals surface area contributed by atoms with E-state index in [9.17, 15) is 9.59 Å². The molecule has 1 unspecified atom stereocenters. The second kappa shape index (κ2) is 14.3. The average Bonchev–Trinajstić information content (AvgIpc) is 3.80. The van der Waals surface area contributed by atoms with E-state index in [1.54, 1.807) is 0 Å². The first kappa shape index (κ1) is 37.3. The number of rotatable bonds is 7. The molecule has 0 saturated carbocycles. The van der Waals surface area contributed by atoms with Crippen LogP contribution in [-0.4, -0.2) is 46.1 Å². The summed E-state index contributed by atoms with van der Waals surface area (Å²) in [4.78, 5) is 43.8. The molecule has 0 radical (unpaired) electrons. The molecule has 5 heterocycles. The van der Waals surface area contributed by atoms with Gasteiger partial charge in [0.2, 0.25) is 0 Å². The lowest BCUT2D eigenvalue weighted by Gasteiger charge is -2.26. The number of carbonyl (C=O) groups excluding carboxylic acids is 2. The van der Waals surface area contributed by atoms with Gasteiger partial charge in [-0.05, 0) is 123 Å². The van der Waals surface area contributed by atoms with Crippen LogP contribution in [0.3, 0.4) is 0 Å². The molecular formula is C47H48N4O4. The highest BCUT2D eigenvalue weighted by Crippen LogP contribution is 2.48. The monoisotopic (exact) mass is 732 g/mol. The summed E-state index contributed by atoms with van der Waals surface area (Å²) < 4.78 is 10.3. The maximum atomic E-state index is 12.9. The zero-order valence-electron chi connectivity index (χ0n) is 33.2. The molecule has 1 atom stereocenters. The van der Waals surface area contributed by atoms with Crippen LogP contribution in [0.25, 0.3) is 49.9 Å². The number of nitrogens with one attached hydrogen (secondary N) is 2. The third-order valence-corrected chi connectivity index (χ3v) is 11.6. The maximum absolute atomic E-state index is 12.9. The summed E-state index contributed by atoms with van der Waals surface area (Å²) >= 11 is 0. The summed E-state index contributed by atoms with van der Waals surface area (Å²) in [5.74, 6) is -0.703. The van der Waals surface area contributed by atoms with E-state index in [0.29, 0.717) is 6.42 Å². The van der Waals surface area contributed by atoms with Crippen molar-refractivity contribution in [3.05, 3.63) is 135 Å². The van der Waals surface area contributed by atoms with Gasteiger partial charge in [-0.2, -0.15) is 0 Å². The quantitative estimate of drug-likeness (QED) is 0.161. The lowest BCUT2D eigenvalue weighted by molar-refractivity contribution is -0.140. The highest BCUT2D eigenvalue weighted by molar-refractivity contribution is 5.99. The molecule has 3 aromatic heterocycles. The predicted octanol–water partition coefficient (Wildman–Crippen LogP) is 9.81. The van der Waals surface area contributed by atoms with Crippen LogP contribution in [-0.2, 0) is 43.7 Å². The topological polar surface area (TPSA) is 110 Å². The second-order valence-corrected chi connectivity index (χ2v) is 15.2. The Kier molecular flexibility index (Phi) is 9.72. The number of H-pyrrole nitrogens is 2. The largest absolute Gasteiger partial charge is 0.469 e. The van der Waals surface area contributed by atoms with Gasteiger partial charge < -0.3 is 19.4 Å². The smallest absolute Gasteiger partial charge is 0.310 e. The van der Waals surface area contributed by atoms with Gasteiger partial charge in [0.1, 0.15) is 0 Å². The molecule has 0 amide bonds. The van der Waals surface area contributed by atoms with Crippen LogP contribution in [0.1, 0.15) is 82.5 Å². The summed E-state index contributed by atoms with van der Waals surface area (Å²) in [7, 11) is 2.79. The fourth-order valence-electron chi connectivity index (χ4n) is 7.78. The molecule has 8 bridgehead atoms. The SMILES string of the molecule is C=C1c2nc(cc3[nH]c(cc4[nH]c(cc5nc(c2-c2ccc(C)cc2)C(C)=C5C)c(C)c4CC(=O)OC)c(CC(=O)OC)c3C)C1(C)Cc1ccc(C)cc1. The Labute approximate surface area is 322 Å². The number of benzene rings is 2. The van der Waals surface area contributed by atoms with Gasteiger partial charge in [-0.3, -0.25) is 14.6 Å². The Balaban J connectivity index is 1.67. The van der Waals surface area contributed by atoms with Crippen molar-refractivity contribution in [1.29, 1.82) is 0 Å². The number of hydrogen-bond acceptors (Lipinski definition) is 6. The standard InChI is InChI=1S/C47H48N4O4/c1-25-11-15-32(16-12-25)24-47(8)31(7)46-44(33-17-13-26(2)14-18-33)45-28(4)27(3)36(50-45)21-37-29(5)34(19-42(52)54-9)39(48-37)22-40-35(20-43(53)55-10)30(6)38(49-40)23-41(47)51-46/h11-18,21-23,48-49H,7,19-20,24H2,1-6,8-10H3. The number of allylic oxidation sites excluding steroid dienone is 3. The van der Waals surface area contributed by atoms with Crippen LogP contribution in [0, 0.1) is 27.7 Å². The van der Waals surface area contributed by atoms with E-state index in [0.717, 1.165) is 101 Å². The minimum Gasteiger partial charge on any atom is -0.469 e. The predicted molar refractivity (Wildman–Crippen MR) is 222 cm³/mol. The number of methoxy groups -OCH3 is 2. The number of nitrogens with zero attached hydrogens (tertiary/aromatic N) is 2. The molecule has 2 aliphatic heterocycles. The number of aryl methyl sites for hydroxylation is 4. The van der Waals surface area contributed by atoms with E-state index < -0.39 is 5.41 Å². The summed E-state index contributed by atoms with van der Waals surface area (Å²) in [6, 6.07) is 23.3. The van der Waals surface area contributed by atoms with Gasteiger partial charge in [-0.25, -0.2) is 4.98 Å². The summed E-state index contributed by atoms with van der Waals surface area (Å²) in [6.07, 6.45) is 0.804. The first-order valence-electron chi connectivity index (χ1n) is 18.6. The average molecular weight is 733 g/mol. The Morgan fingerprint density at radius 3 is 1.75 bits per heavy atom. The zero-order valence-corrected chi connectivity index (χ0v) is 33.2. The summed E-state index contributed by atoms with van der Waals surface area (Å²) in [6.45, 7) is 19.4. The van der Waals surface area contributed by atoms with Crippen molar-refractivity contribution in [2.75, 3.05) is 14.2 Å². The molecule has 2 aromatic carbocycles. The molecule has 55 heavy (non-hydrogen) atoms. The lowest BCUT2D eigenvalue weighted by Crippen LogP contribution is -2.23. The number of hydrogen-bond donors (Lipinski definition) is 2. The number of aromatic amines is 2. The molecule has 8 heteroatoms. The van der Waals surface area contributed by atoms with E-state index in [-0.39, 0.29) is 24.8 Å². The summed E-state index contributed by atoms with van der Waals surface area (Å²) in [5.41, 5.74) is 17.7. The van der Waals surface area contributed by atoms with E-state index in [2.05, 4.69) is 105 Å². The van der Waals surface area contributed by atoms with Crippen molar-refractivity contribution < 1.29 is 19.1 Å². The van der Waals surface area contributed by atoms with Crippen molar-refractivity contribution >= 4 is 50.7 Å². The fourth-order valence-corrected chi connectivity index (χ4v) is 7.78. The molecular weight excluding hydrogens is 685 g/mol. The van der Waals surface area contributed by atoms with Gasteiger partial charge in [0.15, 0.2) is 0 Å². The minimum absolute atomic E-state index is 0.0600. The summed E-state index contributed by atoms with van der Waals surface area (Å²) in [5, 5.41) is 0. The number of aromatic nitrogens is 4.